The Labute approximate surface area is 97.3 Å². The molecule has 90 valence electrons. The first-order valence-electron chi connectivity index (χ1n) is 4.68. The molecular formula is C12H10F2O3. The highest BCUT2D eigenvalue weighted by atomic mass is 19.3. The van der Waals surface area contributed by atoms with Crippen LogP contribution in [-0.4, -0.2) is 26.1 Å². The van der Waals surface area contributed by atoms with E-state index in [1.165, 1.54) is 25.3 Å². The molecule has 0 N–H and O–H groups in total. The summed E-state index contributed by atoms with van der Waals surface area (Å²) in [4.78, 5) is 11.4. The number of halogens is 2. The van der Waals surface area contributed by atoms with Crippen LogP contribution >= 0.6 is 0 Å². The van der Waals surface area contributed by atoms with Gasteiger partial charge in [-0.25, -0.2) is 13.6 Å². The zero-order valence-electron chi connectivity index (χ0n) is 9.07. The number of esters is 1. The SMILES string of the molecule is C#Cc1ccc(OCC(F)F)c(C(=O)OC)c1. The Morgan fingerprint density at radius 3 is 2.76 bits per heavy atom. The summed E-state index contributed by atoms with van der Waals surface area (Å²) in [6.45, 7) is -0.792. The van der Waals surface area contributed by atoms with Gasteiger partial charge >= 0.3 is 5.97 Å². The van der Waals surface area contributed by atoms with Crippen molar-refractivity contribution >= 4 is 5.97 Å². The molecule has 17 heavy (non-hydrogen) atoms. The van der Waals surface area contributed by atoms with Crippen molar-refractivity contribution < 1.29 is 23.0 Å². The molecule has 0 saturated carbocycles. The van der Waals surface area contributed by atoms with E-state index in [2.05, 4.69) is 10.7 Å². The second kappa shape index (κ2) is 5.85. The zero-order chi connectivity index (χ0) is 12.8. The first-order valence-corrected chi connectivity index (χ1v) is 4.68. The van der Waals surface area contributed by atoms with E-state index in [0.717, 1.165) is 0 Å². The summed E-state index contributed by atoms with van der Waals surface area (Å²) in [5, 5.41) is 0. The monoisotopic (exact) mass is 240 g/mol. The van der Waals surface area contributed by atoms with Gasteiger partial charge in [0.15, 0.2) is 0 Å². The van der Waals surface area contributed by atoms with Crippen molar-refractivity contribution in [1.29, 1.82) is 0 Å². The molecule has 0 spiro atoms. The Morgan fingerprint density at radius 1 is 1.53 bits per heavy atom. The van der Waals surface area contributed by atoms with Gasteiger partial charge in [-0.1, -0.05) is 5.92 Å². The van der Waals surface area contributed by atoms with Crippen LogP contribution < -0.4 is 4.74 Å². The highest BCUT2D eigenvalue weighted by Crippen LogP contribution is 2.21. The molecule has 1 rings (SSSR count). The average Bonchev–Trinajstić information content (AvgIpc) is 2.35. The Hall–Kier alpha value is -2.09. The lowest BCUT2D eigenvalue weighted by molar-refractivity contribution is 0.0578. The van der Waals surface area contributed by atoms with Crippen LogP contribution in [0.25, 0.3) is 0 Å². The number of alkyl halides is 2. The molecule has 0 radical (unpaired) electrons. The molecule has 0 saturated heterocycles. The van der Waals surface area contributed by atoms with E-state index in [0.29, 0.717) is 5.56 Å². The summed E-state index contributed by atoms with van der Waals surface area (Å²) in [6.07, 6.45) is 2.55. The Bertz CT molecular complexity index is 450. The number of ether oxygens (including phenoxy) is 2. The number of hydrogen-bond donors (Lipinski definition) is 0. The standard InChI is InChI=1S/C12H10F2O3/c1-3-8-4-5-10(17-7-11(13)14)9(6-8)12(15)16-2/h1,4-6,11H,7H2,2H3. The summed E-state index contributed by atoms with van der Waals surface area (Å²) in [6, 6.07) is 4.21. The average molecular weight is 240 g/mol. The summed E-state index contributed by atoms with van der Waals surface area (Å²) < 4.78 is 33.3. The molecular weight excluding hydrogens is 230 g/mol. The van der Waals surface area contributed by atoms with E-state index in [1.54, 1.807) is 0 Å². The van der Waals surface area contributed by atoms with Crippen molar-refractivity contribution in [2.75, 3.05) is 13.7 Å². The molecule has 0 heterocycles. The molecule has 0 amide bonds. The van der Waals surface area contributed by atoms with Crippen LogP contribution in [0.3, 0.4) is 0 Å². The fourth-order valence-corrected chi connectivity index (χ4v) is 1.17. The molecule has 0 fully saturated rings. The summed E-state index contributed by atoms with van der Waals surface area (Å²) in [5.74, 6) is 1.66. The normalized spacial score (nSPS) is 9.82. The number of methoxy groups -OCH3 is 1. The van der Waals surface area contributed by atoms with Gasteiger partial charge in [-0.3, -0.25) is 0 Å². The van der Waals surface area contributed by atoms with E-state index < -0.39 is 19.0 Å². The number of benzene rings is 1. The van der Waals surface area contributed by atoms with Gasteiger partial charge in [0.25, 0.3) is 6.43 Å². The van der Waals surface area contributed by atoms with Crippen molar-refractivity contribution in [2.24, 2.45) is 0 Å². The van der Waals surface area contributed by atoms with Crippen LogP contribution in [0.2, 0.25) is 0 Å². The van der Waals surface area contributed by atoms with Gasteiger partial charge in [0, 0.05) is 5.56 Å². The molecule has 0 unspecified atom stereocenters. The quantitative estimate of drug-likeness (QED) is 0.597. The maximum Gasteiger partial charge on any atom is 0.341 e. The van der Waals surface area contributed by atoms with Gasteiger partial charge in [-0.05, 0) is 18.2 Å². The van der Waals surface area contributed by atoms with Crippen LogP contribution in [0.1, 0.15) is 15.9 Å². The molecule has 1 aromatic rings. The Morgan fingerprint density at radius 2 is 2.24 bits per heavy atom. The van der Waals surface area contributed by atoms with Gasteiger partial charge in [0.1, 0.15) is 17.9 Å². The Kier molecular flexibility index (Phi) is 4.46. The predicted octanol–water partition coefficient (Wildman–Crippen LogP) is 2.10. The topological polar surface area (TPSA) is 35.5 Å². The highest BCUT2D eigenvalue weighted by molar-refractivity contribution is 5.92. The number of hydrogen-bond acceptors (Lipinski definition) is 3. The maximum atomic E-state index is 12.0. The van der Waals surface area contributed by atoms with Crippen LogP contribution in [0.4, 0.5) is 8.78 Å². The number of rotatable bonds is 4. The van der Waals surface area contributed by atoms with Crippen LogP contribution in [-0.2, 0) is 4.74 Å². The van der Waals surface area contributed by atoms with Crippen molar-refractivity contribution in [3.05, 3.63) is 29.3 Å². The smallest absolute Gasteiger partial charge is 0.341 e. The fraction of sp³-hybridized carbons (Fsp3) is 0.250. The minimum absolute atomic E-state index is 0.0242. The predicted molar refractivity (Wildman–Crippen MR) is 57.2 cm³/mol. The molecule has 5 heteroatoms. The van der Waals surface area contributed by atoms with Gasteiger partial charge in [0.2, 0.25) is 0 Å². The fourth-order valence-electron chi connectivity index (χ4n) is 1.17. The molecule has 0 aliphatic rings. The van der Waals surface area contributed by atoms with Gasteiger partial charge < -0.3 is 9.47 Å². The third-order valence-electron chi connectivity index (χ3n) is 1.92. The van der Waals surface area contributed by atoms with Crippen LogP contribution in [0.5, 0.6) is 5.75 Å². The number of terminal acetylenes is 1. The molecule has 0 atom stereocenters. The van der Waals surface area contributed by atoms with Crippen molar-refractivity contribution in [3.63, 3.8) is 0 Å². The minimum atomic E-state index is -2.62. The van der Waals surface area contributed by atoms with Gasteiger partial charge in [0.05, 0.1) is 7.11 Å². The van der Waals surface area contributed by atoms with E-state index in [-0.39, 0.29) is 11.3 Å². The zero-order valence-corrected chi connectivity index (χ0v) is 9.07. The summed E-state index contributed by atoms with van der Waals surface area (Å²) in [7, 11) is 1.18. The van der Waals surface area contributed by atoms with E-state index >= 15 is 0 Å². The van der Waals surface area contributed by atoms with Crippen LogP contribution in [0, 0.1) is 12.3 Å². The first kappa shape index (κ1) is 13.0. The molecule has 0 aromatic heterocycles. The molecule has 0 aliphatic carbocycles. The van der Waals surface area contributed by atoms with E-state index in [9.17, 15) is 13.6 Å². The third kappa shape index (κ3) is 3.45. The summed E-state index contributed by atoms with van der Waals surface area (Å²) in [5.41, 5.74) is 0.471. The van der Waals surface area contributed by atoms with E-state index in [4.69, 9.17) is 11.2 Å². The van der Waals surface area contributed by atoms with E-state index in [1.807, 2.05) is 0 Å². The largest absolute Gasteiger partial charge is 0.487 e. The van der Waals surface area contributed by atoms with Crippen molar-refractivity contribution in [1.82, 2.24) is 0 Å². The van der Waals surface area contributed by atoms with Crippen molar-refractivity contribution in [3.8, 4) is 18.1 Å². The van der Waals surface area contributed by atoms with Crippen molar-refractivity contribution in [2.45, 2.75) is 6.43 Å². The highest BCUT2D eigenvalue weighted by Gasteiger charge is 2.15. The molecule has 1 aromatic carbocycles. The van der Waals surface area contributed by atoms with Gasteiger partial charge in [-0.15, -0.1) is 6.42 Å². The number of carbonyl (C=O) groups excluding carboxylic acids is 1. The van der Waals surface area contributed by atoms with Gasteiger partial charge in [-0.2, -0.15) is 0 Å². The lowest BCUT2D eigenvalue weighted by atomic mass is 10.1. The maximum absolute atomic E-state index is 12.0. The lowest BCUT2D eigenvalue weighted by Gasteiger charge is -2.10. The molecule has 0 aliphatic heterocycles. The van der Waals surface area contributed by atoms with Crippen LogP contribution in [0.15, 0.2) is 18.2 Å². The second-order valence-corrected chi connectivity index (χ2v) is 3.05. The minimum Gasteiger partial charge on any atom is -0.487 e. The lowest BCUT2D eigenvalue weighted by Crippen LogP contribution is -2.11. The molecule has 0 bridgehead atoms. The number of carbonyl (C=O) groups is 1. The second-order valence-electron chi connectivity index (χ2n) is 3.05. The summed E-state index contributed by atoms with van der Waals surface area (Å²) >= 11 is 0. The molecule has 3 nitrogen and oxygen atoms in total. The first-order chi connectivity index (χ1) is 8.08. The Balaban J connectivity index is 3.03. The third-order valence-corrected chi connectivity index (χ3v) is 1.92.